The maximum absolute atomic E-state index is 12.3. The largest absolute Gasteiger partial charge is 0.452 e. The van der Waals surface area contributed by atoms with Crippen molar-refractivity contribution in [3.63, 3.8) is 0 Å². The summed E-state index contributed by atoms with van der Waals surface area (Å²) in [7, 11) is -3.70. The quantitative estimate of drug-likeness (QED) is 0.574. The Morgan fingerprint density at radius 3 is 2.16 bits per heavy atom. The van der Waals surface area contributed by atoms with Gasteiger partial charge in [0.2, 0.25) is 10.0 Å². The zero-order valence-corrected chi connectivity index (χ0v) is 19.2. The molecule has 2 N–H and O–H groups in total. The number of ether oxygens (including phenoxy) is 1. The van der Waals surface area contributed by atoms with Crippen molar-refractivity contribution in [2.45, 2.75) is 57.0 Å². The van der Waals surface area contributed by atoms with Gasteiger partial charge in [-0.2, -0.15) is 0 Å². The van der Waals surface area contributed by atoms with Gasteiger partial charge in [-0.3, -0.25) is 4.79 Å². The van der Waals surface area contributed by atoms with E-state index >= 15 is 0 Å². The lowest BCUT2D eigenvalue weighted by atomic mass is 10.0. The second-order valence-corrected chi connectivity index (χ2v) is 9.96. The zero-order chi connectivity index (χ0) is 23.1. The lowest BCUT2D eigenvalue weighted by Gasteiger charge is -2.20. The summed E-state index contributed by atoms with van der Waals surface area (Å²) in [5.74, 6) is -1.10. The molecule has 2 rings (SSSR count). The third-order valence-electron chi connectivity index (χ3n) is 4.29. The van der Waals surface area contributed by atoms with Gasteiger partial charge in [-0.05, 0) is 57.0 Å². The van der Waals surface area contributed by atoms with Gasteiger partial charge in [-0.25, -0.2) is 17.9 Å². The third-order valence-corrected chi connectivity index (χ3v) is 6.06. The van der Waals surface area contributed by atoms with Gasteiger partial charge in [-0.1, -0.05) is 43.7 Å². The van der Waals surface area contributed by atoms with Gasteiger partial charge in [-0.15, -0.1) is 0 Å². The standard InChI is InChI=1S/C23H30N2O5S/c1-5-9-20(17-10-7-6-8-11-17)24-21(26)16-30-22(27)18-12-14-19(15-13-18)31(28,29)25-23(2,3)4/h6-8,10-15,20,25H,5,9,16H2,1-4H3,(H,24,26). The normalized spacial score (nSPS) is 12.8. The SMILES string of the molecule is CCCC(NC(=O)COC(=O)c1ccc(S(=O)(=O)NC(C)(C)C)cc1)c1ccccc1. The summed E-state index contributed by atoms with van der Waals surface area (Å²) >= 11 is 0. The first-order chi connectivity index (χ1) is 14.5. The van der Waals surface area contributed by atoms with E-state index in [9.17, 15) is 18.0 Å². The lowest BCUT2D eigenvalue weighted by Crippen LogP contribution is -2.40. The Bertz CT molecular complexity index is 981. The fourth-order valence-electron chi connectivity index (χ4n) is 2.98. The molecule has 0 bridgehead atoms. The number of carbonyl (C=O) groups is 2. The predicted octanol–water partition coefficient (Wildman–Crippen LogP) is 3.58. The molecule has 8 heteroatoms. The van der Waals surface area contributed by atoms with Crippen molar-refractivity contribution in [2.75, 3.05) is 6.61 Å². The zero-order valence-electron chi connectivity index (χ0n) is 18.3. The minimum atomic E-state index is -3.70. The van der Waals surface area contributed by atoms with Crippen LogP contribution in [0.3, 0.4) is 0 Å². The molecule has 0 fully saturated rings. The van der Waals surface area contributed by atoms with E-state index in [-0.39, 0.29) is 16.5 Å². The van der Waals surface area contributed by atoms with Crippen LogP contribution in [0.1, 0.15) is 62.5 Å². The average Bonchev–Trinajstić information content (AvgIpc) is 2.71. The maximum Gasteiger partial charge on any atom is 0.338 e. The third kappa shape index (κ3) is 7.80. The molecule has 31 heavy (non-hydrogen) atoms. The summed E-state index contributed by atoms with van der Waals surface area (Å²) in [6.45, 7) is 6.83. The Morgan fingerprint density at radius 2 is 1.61 bits per heavy atom. The number of carbonyl (C=O) groups excluding carboxylic acids is 2. The molecule has 0 saturated carbocycles. The van der Waals surface area contributed by atoms with Crippen LogP contribution in [0.15, 0.2) is 59.5 Å². The summed E-state index contributed by atoms with van der Waals surface area (Å²) in [4.78, 5) is 24.6. The Kier molecular flexibility index (Phi) is 8.36. The highest BCUT2D eigenvalue weighted by atomic mass is 32.2. The molecule has 0 aliphatic heterocycles. The van der Waals surface area contributed by atoms with E-state index in [0.29, 0.717) is 0 Å². The summed E-state index contributed by atoms with van der Waals surface area (Å²) in [5.41, 5.74) is 0.527. The van der Waals surface area contributed by atoms with Gasteiger partial charge < -0.3 is 10.1 Å². The first-order valence-corrected chi connectivity index (χ1v) is 11.7. The Morgan fingerprint density at radius 1 is 1.00 bits per heavy atom. The minimum absolute atomic E-state index is 0.0435. The van der Waals surface area contributed by atoms with E-state index in [2.05, 4.69) is 10.0 Å². The number of hydrogen-bond acceptors (Lipinski definition) is 5. The Hall–Kier alpha value is -2.71. The van der Waals surface area contributed by atoms with Crippen molar-refractivity contribution in [2.24, 2.45) is 0 Å². The molecule has 0 radical (unpaired) electrons. The van der Waals surface area contributed by atoms with Crippen molar-refractivity contribution in [1.82, 2.24) is 10.0 Å². The van der Waals surface area contributed by atoms with Crippen LogP contribution in [-0.2, 0) is 19.6 Å². The van der Waals surface area contributed by atoms with E-state index in [1.807, 2.05) is 37.3 Å². The second-order valence-electron chi connectivity index (χ2n) is 8.28. The molecule has 0 saturated heterocycles. The van der Waals surface area contributed by atoms with Gasteiger partial charge >= 0.3 is 5.97 Å². The molecular weight excluding hydrogens is 416 g/mol. The number of esters is 1. The predicted molar refractivity (Wildman–Crippen MR) is 119 cm³/mol. The number of sulfonamides is 1. The minimum Gasteiger partial charge on any atom is -0.452 e. The van der Waals surface area contributed by atoms with E-state index in [0.717, 1.165) is 18.4 Å². The molecule has 0 aromatic heterocycles. The molecule has 0 spiro atoms. The molecular formula is C23H30N2O5S. The molecule has 1 atom stereocenters. The Balaban J connectivity index is 1.95. The van der Waals surface area contributed by atoms with Crippen molar-refractivity contribution in [3.8, 4) is 0 Å². The fourth-order valence-corrected chi connectivity index (χ4v) is 4.40. The molecule has 1 unspecified atom stereocenters. The van der Waals surface area contributed by atoms with E-state index in [1.54, 1.807) is 20.8 Å². The molecule has 0 aliphatic carbocycles. The molecule has 2 aromatic rings. The lowest BCUT2D eigenvalue weighted by molar-refractivity contribution is -0.125. The highest BCUT2D eigenvalue weighted by Crippen LogP contribution is 2.18. The van der Waals surface area contributed by atoms with E-state index in [1.165, 1.54) is 24.3 Å². The topological polar surface area (TPSA) is 102 Å². The maximum atomic E-state index is 12.3. The highest BCUT2D eigenvalue weighted by molar-refractivity contribution is 7.89. The molecule has 2 aromatic carbocycles. The first kappa shape index (κ1) is 24.6. The monoisotopic (exact) mass is 446 g/mol. The van der Waals surface area contributed by atoms with Crippen LogP contribution in [0.2, 0.25) is 0 Å². The van der Waals surface area contributed by atoms with Gasteiger partial charge in [0.25, 0.3) is 5.91 Å². The highest BCUT2D eigenvalue weighted by Gasteiger charge is 2.22. The molecule has 0 aliphatic rings. The smallest absolute Gasteiger partial charge is 0.338 e. The summed E-state index contributed by atoms with van der Waals surface area (Å²) in [6, 6.07) is 14.8. The van der Waals surface area contributed by atoms with Crippen LogP contribution in [0, 0.1) is 0 Å². The van der Waals surface area contributed by atoms with Crippen LogP contribution >= 0.6 is 0 Å². The van der Waals surface area contributed by atoms with Gasteiger partial charge in [0, 0.05) is 5.54 Å². The molecule has 1 amide bonds. The number of nitrogens with one attached hydrogen (secondary N) is 2. The average molecular weight is 447 g/mol. The van der Waals surface area contributed by atoms with E-state index < -0.39 is 34.0 Å². The number of hydrogen-bond donors (Lipinski definition) is 2. The van der Waals surface area contributed by atoms with Crippen LogP contribution in [0.25, 0.3) is 0 Å². The number of amides is 1. The number of benzene rings is 2. The van der Waals surface area contributed by atoms with Gasteiger partial charge in [0.15, 0.2) is 6.61 Å². The molecule has 7 nitrogen and oxygen atoms in total. The van der Waals surface area contributed by atoms with Gasteiger partial charge in [0.1, 0.15) is 0 Å². The van der Waals surface area contributed by atoms with E-state index in [4.69, 9.17) is 4.74 Å². The van der Waals surface area contributed by atoms with Crippen molar-refractivity contribution in [1.29, 1.82) is 0 Å². The van der Waals surface area contributed by atoms with Gasteiger partial charge in [0.05, 0.1) is 16.5 Å². The van der Waals surface area contributed by atoms with Crippen LogP contribution in [-0.4, -0.2) is 32.4 Å². The summed E-state index contributed by atoms with van der Waals surface area (Å²) < 4.78 is 32.3. The van der Waals surface area contributed by atoms with Crippen LogP contribution in [0.5, 0.6) is 0 Å². The second kappa shape index (κ2) is 10.5. The number of rotatable bonds is 9. The summed E-state index contributed by atoms with van der Waals surface area (Å²) in [5, 5.41) is 2.89. The van der Waals surface area contributed by atoms with Crippen molar-refractivity contribution < 1.29 is 22.7 Å². The van der Waals surface area contributed by atoms with Crippen molar-refractivity contribution >= 4 is 21.9 Å². The van der Waals surface area contributed by atoms with Crippen LogP contribution < -0.4 is 10.0 Å². The Labute approximate surface area is 184 Å². The van der Waals surface area contributed by atoms with Crippen molar-refractivity contribution in [3.05, 3.63) is 65.7 Å². The molecule has 168 valence electrons. The first-order valence-electron chi connectivity index (χ1n) is 10.2. The fraction of sp³-hybridized carbons (Fsp3) is 0.391. The summed E-state index contributed by atoms with van der Waals surface area (Å²) in [6.07, 6.45) is 1.65. The van der Waals surface area contributed by atoms with Crippen LogP contribution in [0.4, 0.5) is 0 Å². The molecule has 0 heterocycles.